The van der Waals surface area contributed by atoms with Crippen molar-refractivity contribution in [2.45, 2.75) is 13.1 Å². The van der Waals surface area contributed by atoms with Crippen LogP contribution in [-0.4, -0.2) is 22.4 Å². The topological polar surface area (TPSA) is 38.1 Å². The van der Waals surface area contributed by atoms with Crippen molar-refractivity contribution >= 4 is 22.8 Å². The number of fused-ring (bicyclic) bond motifs is 1. The van der Waals surface area contributed by atoms with Gasteiger partial charge in [-0.2, -0.15) is 0 Å². The third-order valence-electron chi connectivity index (χ3n) is 4.64. The molecule has 0 amide bonds. The molecule has 0 radical (unpaired) electrons. The molecular formula is C23H21N3O. The second kappa shape index (κ2) is 7.46. The zero-order valence-corrected chi connectivity index (χ0v) is 15.2. The third-order valence-corrected chi connectivity index (χ3v) is 4.64. The Labute approximate surface area is 158 Å². The molecule has 0 N–H and O–H groups in total. The molecule has 1 aromatic heterocycles. The number of nitrogens with zero attached hydrogens (tertiary/aromatic N) is 3. The van der Waals surface area contributed by atoms with Crippen molar-refractivity contribution < 1.29 is 4.79 Å². The van der Waals surface area contributed by atoms with Gasteiger partial charge in [0.05, 0.1) is 17.6 Å². The monoisotopic (exact) mass is 355 g/mol. The maximum Gasteiger partial charge on any atom is 0.207 e. The van der Waals surface area contributed by atoms with Crippen molar-refractivity contribution in [3.63, 3.8) is 0 Å². The average molecular weight is 355 g/mol. The van der Waals surface area contributed by atoms with Gasteiger partial charge < -0.3 is 9.47 Å². The van der Waals surface area contributed by atoms with Crippen molar-refractivity contribution in [1.29, 1.82) is 0 Å². The first-order valence-corrected chi connectivity index (χ1v) is 9.01. The van der Waals surface area contributed by atoms with E-state index in [1.165, 1.54) is 5.56 Å². The zero-order chi connectivity index (χ0) is 18.6. The van der Waals surface area contributed by atoms with Crippen LogP contribution in [-0.2, 0) is 13.1 Å². The van der Waals surface area contributed by atoms with Gasteiger partial charge in [0.2, 0.25) is 5.95 Å². The lowest BCUT2D eigenvalue weighted by atomic mass is 10.1. The lowest BCUT2D eigenvalue weighted by Gasteiger charge is -2.20. The van der Waals surface area contributed by atoms with E-state index in [1.54, 1.807) is 0 Å². The van der Waals surface area contributed by atoms with Gasteiger partial charge in [-0.05, 0) is 17.7 Å². The summed E-state index contributed by atoms with van der Waals surface area (Å²) in [6.45, 7) is 0.989. The molecule has 0 spiro atoms. The number of carbonyl (C=O) groups excluding carboxylic acids is 1. The van der Waals surface area contributed by atoms with Crippen LogP contribution in [0.1, 0.15) is 15.9 Å². The Balaban J connectivity index is 1.70. The largest absolute Gasteiger partial charge is 0.341 e. The lowest BCUT2D eigenvalue weighted by Crippen LogP contribution is -2.22. The fourth-order valence-electron chi connectivity index (χ4n) is 3.30. The summed E-state index contributed by atoms with van der Waals surface area (Å²) in [6, 6.07) is 27.6. The van der Waals surface area contributed by atoms with Gasteiger partial charge in [-0.25, -0.2) is 4.98 Å². The Bertz CT molecular complexity index is 1050. The van der Waals surface area contributed by atoms with Gasteiger partial charge in [0, 0.05) is 19.2 Å². The summed E-state index contributed by atoms with van der Waals surface area (Å²) in [7, 11) is 2.01. The summed E-state index contributed by atoms with van der Waals surface area (Å²) in [5, 5.41) is 0. The van der Waals surface area contributed by atoms with Crippen LogP contribution >= 0.6 is 0 Å². The maximum atomic E-state index is 12.8. The van der Waals surface area contributed by atoms with Gasteiger partial charge in [-0.3, -0.25) is 4.79 Å². The second-order valence-corrected chi connectivity index (χ2v) is 6.62. The van der Waals surface area contributed by atoms with Crippen molar-refractivity contribution in [2.75, 3.05) is 11.9 Å². The van der Waals surface area contributed by atoms with E-state index in [0.717, 1.165) is 23.5 Å². The summed E-state index contributed by atoms with van der Waals surface area (Å²) in [6.07, 6.45) is 0. The van der Waals surface area contributed by atoms with Crippen LogP contribution in [0.25, 0.3) is 11.0 Å². The number of rotatable bonds is 6. The van der Waals surface area contributed by atoms with Crippen molar-refractivity contribution in [3.05, 3.63) is 96.1 Å². The van der Waals surface area contributed by atoms with E-state index >= 15 is 0 Å². The van der Waals surface area contributed by atoms with E-state index in [-0.39, 0.29) is 12.3 Å². The fourth-order valence-corrected chi connectivity index (χ4v) is 3.30. The quantitative estimate of drug-likeness (QED) is 0.476. The molecule has 0 fully saturated rings. The molecule has 4 rings (SSSR count). The second-order valence-electron chi connectivity index (χ2n) is 6.62. The van der Waals surface area contributed by atoms with Gasteiger partial charge >= 0.3 is 0 Å². The number of hydrogen-bond donors (Lipinski definition) is 0. The third kappa shape index (κ3) is 3.60. The number of carbonyl (C=O) groups is 1. The van der Waals surface area contributed by atoms with Crippen LogP contribution in [0.3, 0.4) is 0 Å². The minimum Gasteiger partial charge on any atom is -0.341 e. The van der Waals surface area contributed by atoms with Crippen molar-refractivity contribution in [3.8, 4) is 0 Å². The minimum absolute atomic E-state index is 0.0770. The lowest BCUT2D eigenvalue weighted by molar-refractivity contribution is 0.0973. The Kier molecular flexibility index (Phi) is 4.71. The van der Waals surface area contributed by atoms with Gasteiger partial charge in [0.15, 0.2) is 5.78 Å². The molecule has 0 unspecified atom stereocenters. The van der Waals surface area contributed by atoms with E-state index in [4.69, 9.17) is 4.98 Å². The summed E-state index contributed by atoms with van der Waals surface area (Å²) in [5.74, 6) is 0.873. The molecule has 0 aliphatic rings. The number of aromatic nitrogens is 2. The zero-order valence-electron chi connectivity index (χ0n) is 15.2. The van der Waals surface area contributed by atoms with Gasteiger partial charge in [0.25, 0.3) is 0 Å². The fraction of sp³-hybridized carbons (Fsp3) is 0.130. The molecule has 0 atom stereocenters. The van der Waals surface area contributed by atoms with E-state index in [9.17, 15) is 4.79 Å². The number of benzene rings is 3. The van der Waals surface area contributed by atoms with Crippen molar-refractivity contribution in [2.24, 2.45) is 0 Å². The molecule has 4 heteroatoms. The Morgan fingerprint density at radius 2 is 1.52 bits per heavy atom. The molecule has 0 saturated heterocycles. The first-order chi connectivity index (χ1) is 13.2. The molecular weight excluding hydrogens is 334 g/mol. The van der Waals surface area contributed by atoms with Crippen LogP contribution in [0.2, 0.25) is 0 Å². The molecule has 0 aliphatic heterocycles. The summed E-state index contributed by atoms with van der Waals surface area (Å²) >= 11 is 0. The highest BCUT2D eigenvalue weighted by molar-refractivity contribution is 5.97. The van der Waals surface area contributed by atoms with E-state index in [1.807, 2.05) is 84.4 Å². The highest BCUT2D eigenvalue weighted by Crippen LogP contribution is 2.23. The van der Waals surface area contributed by atoms with E-state index < -0.39 is 0 Å². The number of ketones is 1. The van der Waals surface area contributed by atoms with Crippen LogP contribution in [0.4, 0.5) is 5.95 Å². The molecule has 134 valence electrons. The molecule has 3 aromatic carbocycles. The predicted molar refractivity (Wildman–Crippen MR) is 109 cm³/mol. The number of para-hydroxylation sites is 2. The normalized spacial score (nSPS) is 10.9. The predicted octanol–water partition coefficient (Wildman–Crippen LogP) is 4.56. The van der Waals surface area contributed by atoms with Crippen molar-refractivity contribution in [1.82, 2.24) is 9.55 Å². The summed E-state index contributed by atoms with van der Waals surface area (Å²) in [4.78, 5) is 19.7. The molecule has 0 bridgehead atoms. The number of hydrogen-bond acceptors (Lipinski definition) is 3. The Hall–Kier alpha value is -3.40. The average Bonchev–Trinajstić information content (AvgIpc) is 3.08. The van der Waals surface area contributed by atoms with Crippen LogP contribution in [0.5, 0.6) is 0 Å². The van der Waals surface area contributed by atoms with Crippen LogP contribution < -0.4 is 4.90 Å². The van der Waals surface area contributed by atoms with E-state index in [0.29, 0.717) is 5.56 Å². The van der Waals surface area contributed by atoms with Crippen LogP contribution in [0, 0.1) is 0 Å². The van der Waals surface area contributed by atoms with E-state index in [2.05, 4.69) is 17.0 Å². The molecule has 4 nitrogen and oxygen atoms in total. The highest BCUT2D eigenvalue weighted by Gasteiger charge is 2.17. The Morgan fingerprint density at radius 1 is 0.889 bits per heavy atom. The molecule has 1 heterocycles. The first kappa shape index (κ1) is 17.0. The number of anilines is 1. The summed E-state index contributed by atoms with van der Waals surface area (Å²) in [5.41, 5.74) is 3.78. The van der Waals surface area contributed by atoms with Gasteiger partial charge in [0.1, 0.15) is 0 Å². The SMILES string of the molecule is CN(Cc1ccccc1)c1nc2ccccc2n1CC(=O)c1ccccc1. The first-order valence-electron chi connectivity index (χ1n) is 9.01. The van der Waals surface area contributed by atoms with Gasteiger partial charge in [-0.15, -0.1) is 0 Å². The highest BCUT2D eigenvalue weighted by atomic mass is 16.1. The standard InChI is InChI=1S/C23H21N3O/c1-25(16-18-10-4-2-5-11-18)23-24-20-14-8-9-15-21(20)26(23)17-22(27)19-12-6-3-7-13-19/h2-15H,16-17H2,1H3. The Morgan fingerprint density at radius 3 is 2.26 bits per heavy atom. The number of Topliss-reactive ketones (excluding diaryl/α,β-unsaturated/α-hetero) is 1. The minimum atomic E-state index is 0.0770. The molecule has 4 aromatic rings. The maximum absolute atomic E-state index is 12.8. The summed E-state index contributed by atoms with van der Waals surface area (Å²) < 4.78 is 2.01. The van der Waals surface area contributed by atoms with Gasteiger partial charge in [-0.1, -0.05) is 72.8 Å². The van der Waals surface area contributed by atoms with Crippen LogP contribution in [0.15, 0.2) is 84.9 Å². The smallest absolute Gasteiger partial charge is 0.207 e. The molecule has 27 heavy (non-hydrogen) atoms. The molecule has 0 saturated carbocycles. The molecule has 0 aliphatic carbocycles. The number of imidazole rings is 1.